The first-order valence-corrected chi connectivity index (χ1v) is 7.12. The Kier molecular flexibility index (Phi) is 4.23. The highest BCUT2D eigenvalue weighted by Gasteiger charge is 2.67. The van der Waals surface area contributed by atoms with Gasteiger partial charge in [-0.2, -0.15) is 0 Å². The van der Waals surface area contributed by atoms with Gasteiger partial charge in [0.2, 0.25) is 11.6 Å². The highest BCUT2D eigenvalue weighted by atomic mass is 16.7. The first-order valence-electron chi connectivity index (χ1n) is 7.12. The third-order valence-corrected chi connectivity index (χ3v) is 3.30. The van der Waals surface area contributed by atoms with Crippen LogP contribution >= 0.6 is 0 Å². The smallest absolute Gasteiger partial charge is 0.295 e. The van der Waals surface area contributed by atoms with Gasteiger partial charge < -0.3 is 19.7 Å². The first-order chi connectivity index (χ1) is 10.1. The minimum atomic E-state index is -2.79. The van der Waals surface area contributed by atoms with Gasteiger partial charge in [0.05, 0.1) is 12.2 Å². The van der Waals surface area contributed by atoms with Crippen LogP contribution in [0.15, 0.2) is 24.3 Å². The number of hydrogen-bond acceptors (Lipinski definition) is 6. The number of carbonyl (C=O) groups excluding carboxylic acids is 2. The molecule has 0 radical (unpaired) electrons. The largest absolute Gasteiger partial charge is 0.355 e. The SMILES string of the molecule is CC(C)O[C@]1(O)C(=O)c2ccccc2C(=O)[C@@]1(O)OC(C)C. The number of Topliss-reactive ketones (excluding diaryl/α,β-unsaturated/α-hetero) is 2. The third-order valence-electron chi connectivity index (χ3n) is 3.30. The third kappa shape index (κ3) is 2.38. The molecule has 2 rings (SSSR count). The highest BCUT2D eigenvalue weighted by molar-refractivity contribution is 6.20. The molecule has 22 heavy (non-hydrogen) atoms. The Hall–Kier alpha value is -1.60. The van der Waals surface area contributed by atoms with E-state index >= 15 is 0 Å². The number of aliphatic hydroxyl groups is 2. The zero-order valence-corrected chi connectivity index (χ0v) is 13.0. The van der Waals surface area contributed by atoms with Gasteiger partial charge in [-0.25, -0.2) is 0 Å². The van der Waals surface area contributed by atoms with Crippen LogP contribution in [0.4, 0.5) is 0 Å². The lowest BCUT2D eigenvalue weighted by molar-refractivity contribution is -0.348. The molecule has 0 saturated carbocycles. The van der Waals surface area contributed by atoms with Gasteiger partial charge >= 0.3 is 0 Å². The Labute approximate surface area is 128 Å². The zero-order chi connectivity index (χ0) is 16.7. The number of benzene rings is 1. The molecule has 0 amide bonds. The van der Waals surface area contributed by atoms with Gasteiger partial charge in [-0.15, -0.1) is 0 Å². The second-order valence-corrected chi connectivity index (χ2v) is 5.83. The molecule has 6 heteroatoms. The van der Waals surface area contributed by atoms with Crippen molar-refractivity contribution in [2.75, 3.05) is 0 Å². The average molecular weight is 308 g/mol. The van der Waals surface area contributed by atoms with Crippen LogP contribution in [0.5, 0.6) is 0 Å². The average Bonchev–Trinajstić information content (AvgIpc) is 2.42. The predicted octanol–water partition coefficient (Wildman–Crippen LogP) is 1.29. The summed E-state index contributed by atoms with van der Waals surface area (Å²) in [5.41, 5.74) is -0.0136. The van der Waals surface area contributed by atoms with Crippen LogP contribution in [0, 0.1) is 0 Å². The van der Waals surface area contributed by atoms with Gasteiger partial charge in [0.25, 0.3) is 11.6 Å². The van der Waals surface area contributed by atoms with E-state index in [2.05, 4.69) is 0 Å². The Morgan fingerprint density at radius 1 is 0.818 bits per heavy atom. The fourth-order valence-corrected chi connectivity index (χ4v) is 2.50. The topological polar surface area (TPSA) is 93.1 Å². The van der Waals surface area contributed by atoms with E-state index in [1.807, 2.05) is 0 Å². The van der Waals surface area contributed by atoms with Crippen molar-refractivity contribution in [3.63, 3.8) is 0 Å². The molecule has 0 heterocycles. The van der Waals surface area contributed by atoms with Gasteiger partial charge in [-0.3, -0.25) is 9.59 Å². The molecular formula is C16H20O6. The molecule has 0 fully saturated rings. The number of fused-ring (bicyclic) bond motifs is 1. The maximum atomic E-state index is 12.6. The normalized spacial score (nSPS) is 28.4. The molecule has 0 bridgehead atoms. The summed E-state index contributed by atoms with van der Waals surface area (Å²) in [4.78, 5) is 25.3. The number of carbonyl (C=O) groups is 2. The van der Waals surface area contributed by atoms with E-state index < -0.39 is 35.3 Å². The molecule has 0 aromatic heterocycles. The molecule has 0 aliphatic heterocycles. The number of rotatable bonds is 4. The Balaban J connectivity index is 2.68. The van der Waals surface area contributed by atoms with Crippen LogP contribution in [0.1, 0.15) is 48.4 Å². The van der Waals surface area contributed by atoms with Gasteiger partial charge in [0.1, 0.15) is 0 Å². The van der Waals surface area contributed by atoms with E-state index in [4.69, 9.17) is 9.47 Å². The second kappa shape index (κ2) is 5.55. The minimum absolute atomic E-state index is 0.00678. The van der Waals surface area contributed by atoms with Crippen LogP contribution in [0.2, 0.25) is 0 Å². The molecule has 0 spiro atoms. The van der Waals surface area contributed by atoms with Crippen molar-refractivity contribution in [1.29, 1.82) is 0 Å². The maximum absolute atomic E-state index is 12.6. The zero-order valence-electron chi connectivity index (χ0n) is 13.0. The van der Waals surface area contributed by atoms with Crippen molar-refractivity contribution in [2.24, 2.45) is 0 Å². The van der Waals surface area contributed by atoms with E-state index in [1.165, 1.54) is 12.1 Å². The quantitative estimate of drug-likeness (QED) is 0.814. The number of ketones is 2. The van der Waals surface area contributed by atoms with E-state index in [-0.39, 0.29) is 11.1 Å². The molecule has 1 aliphatic carbocycles. The van der Waals surface area contributed by atoms with Crippen LogP contribution in [0.3, 0.4) is 0 Å². The summed E-state index contributed by atoms with van der Waals surface area (Å²) >= 11 is 0. The molecule has 2 N–H and O–H groups in total. The fraction of sp³-hybridized carbons (Fsp3) is 0.500. The van der Waals surface area contributed by atoms with E-state index in [0.29, 0.717) is 0 Å². The summed E-state index contributed by atoms with van der Waals surface area (Å²) in [6.45, 7) is 6.30. The van der Waals surface area contributed by atoms with Crippen molar-refractivity contribution in [2.45, 2.75) is 51.5 Å². The van der Waals surface area contributed by atoms with Crippen LogP contribution in [-0.4, -0.2) is 45.6 Å². The molecule has 0 saturated heterocycles. The summed E-state index contributed by atoms with van der Waals surface area (Å²) in [5, 5.41) is 21.5. The van der Waals surface area contributed by atoms with Gasteiger partial charge in [0, 0.05) is 11.1 Å². The summed E-state index contributed by atoms with van der Waals surface area (Å²) < 4.78 is 10.5. The van der Waals surface area contributed by atoms with E-state index in [0.717, 1.165) is 0 Å². The van der Waals surface area contributed by atoms with Crippen molar-refractivity contribution in [3.8, 4) is 0 Å². The summed E-state index contributed by atoms with van der Waals surface area (Å²) in [7, 11) is 0. The molecule has 6 nitrogen and oxygen atoms in total. The van der Waals surface area contributed by atoms with Crippen molar-refractivity contribution in [1.82, 2.24) is 0 Å². The molecule has 0 unspecified atom stereocenters. The van der Waals surface area contributed by atoms with Crippen molar-refractivity contribution in [3.05, 3.63) is 35.4 Å². The fourth-order valence-electron chi connectivity index (χ4n) is 2.50. The Morgan fingerprint density at radius 3 is 1.41 bits per heavy atom. The second-order valence-electron chi connectivity index (χ2n) is 5.83. The first kappa shape index (κ1) is 16.8. The monoisotopic (exact) mass is 308 g/mol. The minimum Gasteiger partial charge on any atom is -0.355 e. The molecule has 1 aromatic carbocycles. The lowest BCUT2D eigenvalue weighted by Gasteiger charge is -2.44. The van der Waals surface area contributed by atoms with Gasteiger partial charge in [-0.1, -0.05) is 24.3 Å². The summed E-state index contributed by atoms with van der Waals surface area (Å²) in [6.07, 6.45) is -1.23. The van der Waals surface area contributed by atoms with Crippen molar-refractivity contribution < 1.29 is 29.3 Å². The Bertz CT molecular complexity index is 555. The van der Waals surface area contributed by atoms with E-state index in [1.54, 1.807) is 39.8 Å². The number of hydrogen-bond donors (Lipinski definition) is 2. The highest BCUT2D eigenvalue weighted by Crippen LogP contribution is 2.39. The molecule has 1 aromatic rings. The summed E-state index contributed by atoms with van der Waals surface area (Å²) in [5.74, 6) is -7.40. The maximum Gasteiger partial charge on any atom is 0.295 e. The van der Waals surface area contributed by atoms with Gasteiger partial charge in [-0.05, 0) is 27.7 Å². The van der Waals surface area contributed by atoms with Gasteiger partial charge in [0.15, 0.2) is 0 Å². The lowest BCUT2D eigenvalue weighted by Crippen LogP contribution is -2.70. The van der Waals surface area contributed by atoms with Crippen LogP contribution in [-0.2, 0) is 9.47 Å². The van der Waals surface area contributed by atoms with Crippen LogP contribution in [0.25, 0.3) is 0 Å². The molecule has 2 atom stereocenters. The summed E-state index contributed by atoms with van der Waals surface area (Å²) in [6, 6.07) is 5.93. The molecule has 1 aliphatic rings. The standard InChI is InChI=1S/C16H20O6/c1-9(2)21-15(19)13(17)11-7-5-6-8-12(11)14(18)16(15,20)22-10(3)4/h5-10,19-20H,1-4H3/t15-,16-/m1/s1. The van der Waals surface area contributed by atoms with Crippen LogP contribution < -0.4 is 0 Å². The molecular weight excluding hydrogens is 288 g/mol. The Morgan fingerprint density at radius 2 is 1.14 bits per heavy atom. The molecule has 120 valence electrons. The van der Waals surface area contributed by atoms with E-state index in [9.17, 15) is 19.8 Å². The van der Waals surface area contributed by atoms with Crippen molar-refractivity contribution >= 4 is 11.6 Å². The lowest BCUT2D eigenvalue weighted by atomic mass is 9.80. The number of ether oxygens (including phenoxy) is 2. The predicted molar refractivity (Wildman–Crippen MR) is 77.4 cm³/mol.